The minimum Gasteiger partial charge on any atom is -0.324 e. The molecule has 4 heteroatoms. The zero-order valence-corrected chi connectivity index (χ0v) is 8.47. The molecule has 0 spiro atoms. The second kappa shape index (κ2) is 3.83. The van der Waals surface area contributed by atoms with Gasteiger partial charge in [-0.05, 0) is 18.4 Å². The summed E-state index contributed by atoms with van der Waals surface area (Å²) >= 11 is 5.84. The number of rotatable bonds is 3. The molecule has 1 atom stereocenters. The Labute approximate surface area is 87.3 Å². The topological polar surface area (TPSA) is 38.9 Å². The van der Waals surface area contributed by atoms with E-state index in [-0.39, 0.29) is 11.9 Å². The van der Waals surface area contributed by atoms with Crippen molar-refractivity contribution in [2.24, 2.45) is 11.7 Å². The molecule has 0 radical (unpaired) electrons. The highest BCUT2D eigenvalue weighted by Crippen LogP contribution is 2.37. The van der Waals surface area contributed by atoms with Gasteiger partial charge in [0.1, 0.15) is 11.0 Å². The molecule has 2 N–H and O–H groups in total. The van der Waals surface area contributed by atoms with Crippen LogP contribution in [0.15, 0.2) is 12.3 Å². The van der Waals surface area contributed by atoms with Crippen LogP contribution in [-0.4, -0.2) is 4.98 Å². The SMILES string of the molecule is NC(CC1CC1)c1cc(F)cnc1Cl. The molecule has 2 nitrogen and oxygen atoms in total. The standard InChI is InChI=1S/C10H12ClFN2/c11-10-8(4-7(12)5-14-10)9(13)3-6-1-2-6/h4-6,9H,1-3,13H2. The molecule has 1 saturated carbocycles. The van der Waals surface area contributed by atoms with Crippen LogP contribution in [0.1, 0.15) is 30.9 Å². The van der Waals surface area contributed by atoms with E-state index < -0.39 is 0 Å². The molecule has 1 heterocycles. The largest absolute Gasteiger partial charge is 0.324 e. The average Bonchev–Trinajstić information content (AvgIpc) is 2.93. The summed E-state index contributed by atoms with van der Waals surface area (Å²) in [7, 11) is 0. The van der Waals surface area contributed by atoms with Crippen molar-refractivity contribution in [3.05, 3.63) is 28.8 Å². The first kappa shape index (κ1) is 9.87. The molecule has 1 aromatic heterocycles. The van der Waals surface area contributed by atoms with Crippen molar-refractivity contribution < 1.29 is 4.39 Å². The van der Waals surface area contributed by atoms with Gasteiger partial charge in [-0.25, -0.2) is 9.37 Å². The Kier molecular flexibility index (Phi) is 2.70. The van der Waals surface area contributed by atoms with Gasteiger partial charge in [-0.3, -0.25) is 0 Å². The first-order valence-corrected chi connectivity index (χ1v) is 5.11. The Bertz CT molecular complexity index is 339. The highest BCUT2D eigenvalue weighted by Gasteiger charge is 2.25. The molecule has 1 aliphatic carbocycles. The van der Waals surface area contributed by atoms with E-state index in [2.05, 4.69) is 4.98 Å². The zero-order valence-electron chi connectivity index (χ0n) is 7.71. The van der Waals surface area contributed by atoms with E-state index in [1.807, 2.05) is 0 Å². The van der Waals surface area contributed by atoms with Crippen LogP contribution in [0.5, 0.6) is 0 Å². The Hall–Kier alpha value is -0.670. The molecule has 14 heavy (non-hydrogen) atoms. The minimum atomic E-state index is -0.379. The van der Waals surface area contributed by atoms with Gasteiger partial charge in [-0.15, -0.1) is 0 Å². The molecule has 1 aromatic rings. The van der Waals surface area contributed by atoms with Gasteiger partial charge in [0, 0.05) is 11.6 Å². The second-order valence-corrected chi connectivity index (χ2v) is 4.18. The van der Waals surface area contributed by atoms with Crippen LogP contribution < -0.4 is 5.73 Å². The molecule has 0 aliphatic heterocycles. The summed E-state index contributed by atoms with van der Waals surface area (Å²) in [5, 5.41) is 0.319. The molecule has 1 aliphatic rings. The van der Waals surface area contributed by atoms with Crippen LogP contribution in [0.25, 0.3) is 0 Å². The quantitative estimate of drug-likeness (QED) is 0.786. The summed E-state index contributed by atoms with van der Waals surface area (Å²) in [6.07, 6.45) is 4.45. The maximum Gasteiger partial charge on any atom is 0.141 e. The van der Waals surface area contributed by atoms with Crippen molar-refractivity contribution >= 4 is 11.6 Å². The van der Waals surface area contributed by atoms with E-state index >= 15 is 0 Å². The fraction of sp³-hybridized carbons (Fsp3) is 0.500. The van der Waals surface area contributed by atoms with Crippen molar-refractivity contribution in [2.75, 3.05) is 0 Å². The van der Waals surface area contributed by atoms with Crippen LogP contribution in [-0.2, 0) is 0 Å². The first-order chi connectivity index (χ1) is 6.66. The highest BCUT2D eigenvalue weighted by molar-refractivity contribution is 6.30. The van der Waals surface area contributed by atoms with Crippen molar-refractivity contribution in [1.29, 1.82) is 0 Å². The summed E-state index contributed by atoms with van der Waals surface area (Å²) < 4.78 is 12.9. The van der Waals surface area contributed by atoms with E-state index in [1.165, 1.54) is 18.9 Å². The minimum absolute atomic E-state index is 0.182. The maximum atomic E-state index is 12.9. The van der Waals surface area contributed by atoms with Crippen LogP contribution >= 0.6 is 11.6 Å². The van der Waals surface area contributed by atoms with Crippen molar-refractivity contribution in [3.63, 3.8) is 0 Å². The third-order valence-corrected chi connectivity index (χ3v) is 2.83. The molecule has 0 bridgehead atoms. The van der Waals surface area contributed by atoms with E-state index in [9.17, 15) is 4.39 Å². The predicted octanol–water partition coefficient (Wildman–Crippen LogP) is 2.67. The van der Waals surface area contributed by atoms with E-state index in [4.69, 9.17) is 17.3 Å². The lowest BCUT2D eigenvalue weighted by Gasteiger charge is -2.12. The lowest BCUT2D eigenvalue weighted by molar-refractivity contribution is 0.578. The average molecular weight is 215 g/mol. The highest BCUT2D eigenvalue weighted by atomic mass is 35.5. The summed E-state index contributed by atoms with van der Waals surface area (Å²) in [5.41, 5.74) is 6.54. The summed E-state index contributed by atoms with van der Waals surface area (Å²) in [6, 6.07) is 1.20. The Morgan fingerprint density at radius 1 is 1.64 bits per heavy atom. The van der Waals surface area contributed by atoms with Gasteiger partial charge in [0.25, 0.3) is 0 Å². The van der Waals surface area contributed by atoms with Gasteiger partial charge in [0.15, 0.2) is 0 Å². The molecule has 76 valence electrons. The Balaban J connectivity index is 2.15. The van der Waals surface area contributed by atoms with Crippen LogP contribution in [0.3, 0.4) is 0 Å². The lowest BCUT2D eigenvalue weighted by atomic mass is 10.0. The van der Waals surface area contributed by atoms with Crippen molar-refractivity contribution in [1.82, 2.24) is 4.98 Å². The third kappa shape index (κ3) is 2.22. The second-order valence-electron chi connectivity index (χ2n) is 3.82. The Morgan fingerprint density at radius 2 is 2.36 bits per heavy atom. The molecule has 1 fully saturated rings. The molecular formula is C10H12ClFN2. The van der Waals surface area contributed by atoms with Crippen LogP contribution in [0.2, 0.25) is 5.15 Å². The number of hydrogen-bond donors (Lipinski definition) is 1. The number of nitrogens with zero attached hydrogens (tertiary/aromatic N) is 1. The third-order valence-electron chi connectivity index (χ3n) is 2.52. The van der Waals surface area contributed by atoms with E-state index in [1.54, 1.807) is 0 Å². The maximum absolute atomic E-state index is 12.9. The first-order valence-electron chi connectivity index (χ1n) is 4.73. The van der Waals surface area contributed by atoms with Gasteiger partial charge in [0.05, 0.1) is 6.20 Å². The number of nitrogens with two attached hydrogens (primary N) is 1. The van der Waals surface area contributed by atoms with Gasteiger partial charge < -0.3 is 5.73 Å². The van der Waals surface area contributed by atoms with E-state index in [0.717, 1.165) is 12.6 Å². The van der Waals surface area contributed by atoms with E-state index in [0.29, 0.717) is 16.6 Å². The number of aromatic nitrogens is 1. The monoisotopic (exact) mass is 214 g/mol. The fourth-order valence-electron chi connectivity index (χ4n) is 1.54. The van der Waals surface area contributed by atoms with Gasteiger partial charge in [-0.2, -0.15) is 0 Å². The number of pyridine rings is 1. The van der Waals surface area contributed by atoms with Gasteiger partial charge in [0.2, 0.25) is 0 Å². The number of halogens is 2. The lowest BCUT2D eigenvalue weighted by Crippen LogP contribution is -2.12. The molecular weight excluding hydrogens is 203 g/mol. The summed E-state index contributed by atoms with van der Waals surface area (Å²) in [5.74, 6) is 0.319. The molecule has 1 unspecified atom stereocenters. The van der Waals surface area contributed by atoms with Gasteiger partial charge >= 0.3 is 0 Å². The molecule has 0 amide bonds. The smallest absolute Gasteiger partial charge is 0.141 e. The molecule has 2 rings (SSSR count). The predicted molar refractivity (Wildman–Crippen MR) is 53.5 cm³/mol. The van der Waals surface area contributed by atoms with Crippen LogP contribution in [0.4, 0.5) is 4.39 Å². The normalized spacial score (nSPS) is 18.2. The number of hydrogen-bond acceptors (Lipinski definition) is 2. The molecule has 0 saturated heterocycles. The van der Waals surface area contributed by atoms with Crippen LogP contribution in [0, 0.1) is 11.7 Å². The van der Waals surface area contributed by atoms with Gasteiger partial charge in [-0.1, -0.05) is 24.4 Å². The zero-order chi connectivity index (χ0) is 10.1. The summed E-state index contributed by atoms with van der Waals surface area (Å²) in [4.78, 5) is 3.74. The Morgan fingerprint density at radius 3 is 3.00 bits per heavy atom. The van der Waals surface area contributed by atoms with Crippen molar-refractivity contribution in [2.45, 2.75) is 25.3 Å². The molecule has 0 aromatic carbocycles. The fourth-order valence-corrected chi connectivity index (χ4v) is 1.78. The van der Waals surface area contributed by atoms with Crippen molar-refractivity contribution in [3.8, 4) is 0 Å². The summed E-state index contributed by atoms with van der Waals surface area (Å²) in [6.45, 7) is 0.